The number of anilines is 2. The Morgan fingerprint density at radius 2 is 1.70 bits per heavy atom. The lowest BCUT2D eigenvalue weighted by atomic mass is 10.1. The van der Waals surface area contributed by atoms with Gasteiger partial charge in [0.25, 0.3) is 0 Å². The number of pyridine rings is 1. The van der Waals surface area contributed by atoms with Gasteiger partial charge in [0.1, 0.15) is 17.3 Å². The van der Waals surface area contributed by atoms with Gasteiger partial charge in [-0.1, -0.05) is 0 Å². The summed E-state index contributed by atoms with van der Waals surface area (Å²) in [5.74, 6) is -2.02. The van der Waals surface area contributed by atoms with Crippen molar-refractivity contribution >= 4 is 17.4 Å². The van der Waals surface area contributed by atoms with Crippen LogP contribution in [0.25, 0.3) is 0 Å². The lowest BCUT2D eigenvalue weighted by Crippen LogP contribution is -2.34. The standard InChI is InChI=1S/C19H16F7N3O/c1-28(14-4-2-13(20)3-5-14)17(30)11-6-7-29(10-11)16-9-12(18(21,22)23)8-15(27-16)19(24,25)26/h2-5,8-9,11H,6-7,10H2,1H3. The minimum absolute atomic E-state index is 0.0372. The molecule has 1 unspecified atom stereocenters. The summed E-state index contributed by atoms with van der Waals surface area (Å²) in [7, 11) is 1.46. The van der Waals surface area contributed by atoms with Crippen LogP contribution in [0.5, 0.6) is 0 Å². The number of hydrogen-bond donors (Lipinski definition) is 0. The summed E-state index contributed by atoms with van der Waals surface area (Å²) in [6.07, 6.45) is -9.80. The highest BCUT2D eigenvalue weighted by Gasteiger charge is 2.40. The lowest BCUT2D eigenvalue weighted by molar-refractivity contribution is -0.145. The van der Waals surface area contributed by atoms with Crippen LogP contribution < -0.4 is 9.80 Å². The third-order valence-corrected chi connectivity index (χ3v) is 4.84. The summed E-state index contributed by atoms with van der Waals surface area (Å²) < 4.78 is 91.2. The van der Waals surface area contributed by atoms with Gasteiger partial charge in [0.2, 0.25) is 5.91 Å². The van der Waals surface area contributed by atoms with Crippen molar-refractivity contribution in [1.82, 2.24) is 4.98 Å². The van der Waals surface area contributed by atoms with Gasteiger partial charge in [-0.15, -0.1) is 0 Å². The smallest absolute Gasteiger partial charge is 0.356 e. The van der Waals surface area contributed by atoms with Crippen molar-refractivity contribution < 1.29 is 35.5 Å². The highest BCUT2D eigenvalue weighted by molar-refractivity contribution is 5.95. The molecular weight excluding hydrogens is 419 g/mol. The molecule has 1 aromatic heterocycles. The number of carbonyl (C=O) groups is 1. The largest absolute Gasteiger partial charge is 0.433 e. The number of hydrogen-bond acceptors (Lipinski definition) is 3. The predicted octanol–water partition coefficient (Wildman–Crippen LogP) is 4.75. The number of halogens is 7. The van der Waals surface area contributed by atoms with E-state index >= 15 is 0 Å². The summed E-state index contributed by atoms with van der Waals surface area (Å²) >= 11 is 0. The minimum Gasteiger partial charge on any atom is -0.356 e. The molecule has 1 aliphatic heterocycles. The number of benzene rings is 1. The Kier molecular flexibility index (Phi) is 5.66. The molecule has 0 saturated carbocycles. The third kappa shape index (κ3) is 4.65. The van der Waals surface area contributed by atoms with Gasteiger partial charge in [-0.2, -0.15) is 26.3 Å². The molecule has 2 heterocycles. The number of amides is 1. The fourth-order valence-electron chi connectivity index (χ4n) is 3.22. The Labute approximate surface area is 166 Å². The molecule has 0 N–H and O–H groups in total. The van der Waals surface area contributed by atoms with E-state index in [4.69, 9.17) is 0 Å². The Morgan fingerprint density at radius 1 is 1.07 bits per heavy atom. The van der Waals surface area contributed by atoms with E-state index in [1.807, 2.05) is 0 Å². The summed E-state index contributed by atoms with van der Waals surface area (Å²) in [6, 6.07) is 5.64. The zero-order valence-corrected chi connectivity index (χ0v) is 15.6. The molecule has 162 valence electrons. The van der Waals surface area contributed by atoms with Crippen molar-refractivity contribution in [3.05, 3.63) is 53.5 Å². The van der Waals surface area contributed by atoms with Gasteiger partial charge in [-0.25, -0.2) is 9.37 Å². The molecule has 1 aliphatic rings. The van der Waals surface area contributed by atoms with E-state index in [9.17, 15) is 35.5 Å². The van der Waals surface area contributed by atoms with Crippen LogP contribution in [0.3, 0.4) is 0 Å². The van der Waals surface area contributed by atoms with Crippen LogP contribution in [0.4, 0.5) is 42.2 Å². The molecule has 0 bridgehead atoms. The van der Waals surface area contributed by atoms with Crippen molar-refractivity contribution in [2.45, 2.75) is 18.8 Å². The Morgan fingerprint density at radius 3 is 2.27 bits per heavy atom. The lowest BCUT2D eigenvalue weighted by Gasteiger charge is -2.23. The number of nitrogens with zero attached hydrogens (tertiary/aromatic N) is 3. The first-order valence-corrected chi connectivity index (χ1v) is 8.81. The molecule has 1 atom stereocenters. The number of aromatic nitrogens is 1. The first kappa shape index (κ1) is 21.8. The maximum Gasteiger partial charge on any atom is 0.433 e. The summed E-state index contributed by atoms with van der Waals surface area (Å²) in [5.41, 5.74) is -2.69. The topological polar surface area (TPSA) is 36.4 Å². The van der Waals surface area contributed by atoms with Crippen LogP contribution in [0.1, 0.15) is 17.7 Å². The average Bonchev–Trinajstić information content (AvgIpc) is 3.16. The SMILES string of the molecule is CN(C(=O)C1CCN(c2cc(C(F)(F)F)cc(C(F)(F)F)n2)C1)c1ccc(F)cc1. The summed E-state index contributed by atoms with van der Waals surface area (Å²) in [4.78, 5) is 18.5. The molecule has 1 aromatic carbocycles. The van der Waals surface area contributed by atoms with Crippen LogP contribution in [0, 0.1) is 11.7 Å². The van der Waals surface area contributed by atoms with E-state index in [0.29, 0.717) is 11.8 Å². The van der Waals surface area contributed by atoms with Gasteiger partial charge >= 0.3 is 12.4 Å². The molecule has 1 saturated heterocycles. The van der Waals surface area contributed by atoms with Gasteiger partial charge in [0.05, 0.1) is 11.5 Å². The molecule has 3 rings (SSSR count). The van der Waals surface area contributed by atoms with Crippen LogP contribution in [-0.2, 0) is 17.1 Å². The van der Waals surface area contributed by atoms with Crippen molar-refractivity contribution in [1.29, 1.82) is 0 Å². The predicted molar refractivity (Wildman–Crippen MR) is 94.4 cm³/mol. The summed E-state index contributed by atoms with van der Waals surface area (Å²) in [6.45, 7) is -0.0186. The molecule has 1 amide bonds. The normalized spacial score (nSPS) is 17.3. The maximum atomic E-state index is 13.0. The second kappa shape index (κ2) is 7.77. The zero-order chi connectivity index (χ0) is 22.3. The zero-order valence-electron chi connectivity index (χ0n) is 15.6. The molecule has 11 heteroatoms. The van der Waals surface area contributed by atoms with Crippen LogP contribution >= 0.6 is 0 Å². The highest BCUT2D eigenvalue weighted by Crippen LogP contribution is 2.37. The van der Waals surface area contributed by atoms with E-state index < -0.39 is 41.2 Å². The molecule has 0 spiro atoms. The van der Waals surface area contributed by atoms with Crippen LogP contribution in [0.15, 0.2) is 36.4 Å². The second-order valence-electron chi connectivity index (χ2n) is 6.90. The monoisotopic (exact) mass is 435 g/mol. The molecule has 0 radical (unpaired) electrons. The van der Waals surface area contributed by atoms with Crippen molar-refractivity contribution in [2.75, 3.05) is 29.9 Å². The molecule has 1 fully saturated rings. The van der Waals surface area contributed by atoms with Crippen molar-refractivity contribution in [3.8, 4) is 0 Å². The fraction of sp³-hybridized carbons (Fsp3) is 0.368. The summed E-state index contributed by atoms with van der Waals surface area (Å²) in [5, 5.41) is 0. The highest BCUT2D eigenvalue weighted by atomic mass is 19.4. The Bertz CT molecular complexity index is 893. The van der Waals surface area contributed by atoms with E-state index in [1.165, 1.54) is 41.1 Å². The quantitative estimate of drug-likeness (QED) is 0.654. The minimum atomic E-state index is -5.05. The number of alkyl halides is 6. The van der Waals surface area contributed by atoms with E-state index in [-0.39, 0.29) is 31.5 Å². The van der Waals surface area contributed by atoms with E-state index in [0.717, 1.165) is 0 Å². The molecule has 0 aliphatic carbocycles. The molecule has 2 aromatic rings. The van der Waals surface area contributed by atoms with Crippen LogP contribution in [0.2, 0.25) is 0 Å². The van der Waals surface area contributed by atoms with Gasteiger partial charge in [0, 0.05) is 25.8 Å². The van der Waals surface area contributed by atoms with Gasteiger partial charge in [-0.05, 0) is 42.8 Å². The van der Waals surface area contributed by atoms with Crippen molar-refractivity contribution in [2.24, 2.45) is 5.92 Å². The van der Waals surface area contributed by atoms with Crippen molar-refractivity contribution in [3.63, 3.8) is 0 Å². The van der Waals surface area contributed by atoms with E-state index in [2.05, 4.69) is 4.98 Å². The average molecular weight is 435 g/mol. The molecule has 4 nitrogen and oxygen atoms in total. The van der Waals surface area contributed by atoms with Gasteiger partial charge in [-0.3, -0.25) is 4.79 Å². The number of carbonyl (C=O) groups excluding carboxylic acids is 1. The van der Waals surface area contributed by atoms with Crippen LogP contribution in [-0.4, -0.2) is 31.0 Å². The second-order valence-corrected chi connectivity index (χ2v) is 6.90. The van der Waals surface area contributed by atoms with Gasteiger partial charge < -0.3 is 9.80 Å². The number of rotatable bonds is 3. The first-order valence-electron chi connectivity index (χ1n) is 8.81. The van der Waals surface area contributed by atoms with Gasteiger partial charge in [0.15, 0.2) is 0 Å². The fourth-order valence-corrected chi connectivity index (χ4v) is 3.22. The molecule has 30 heavy (non-hydrogen) atoms. The molecular formula is C19H16F7N3O. The van der Waals surface area contributed by atoms with E-state index in [1.54, 1.807) is 0 Å². The first-order chi connectivity index (χ1) is 13.9. The maximum absolute atomic E-state index is 13.0. The Balaban J connectivity index is 1.82. The third-order valence-electron chi connectivity index (χ3n) is 4.84. The Hall–Kier alpha value is -2.85.